The van der Waals surface area contributed by atoms with Crippen LogP contribution < -0.4 is 28.6 Å². The van der Waals surface area contributed by atoms with Crippen molar-refractivity contribution in [2.24, 2.45) is 0 Å². The van der Waals surface area contributed by atoms with Gasteiger partial charge in [-0.1, -0.05) is 30.4 Å². The second-order valence-electron chi connectivity index (χ2n) is 10.4. The van der Waals surface area contributed by atoms with Gasteiger partial charge in [0.15, 0.2) is 17.3 Å². The summed E-state index contributed by atoms with van der Waals surface area (Å²) in [4.78, 5) is 16.0. The Bertz CT molecular complexity index is 1820. The fourth-order valence-electron chi connectivity index (χ4n) is 5.63. The van der Waals surface area contributed by atoms with Crippen molar-refractivity contribution in [3.05, 3.63) is 119 Å². The minimum Gasteiger partial charge on any atom is -0.497 e. The Labute approximate surface area is 262 Å². The molecule has 0 unspecified atom stereocenters. The van der Waals surface area contributed by atoms with Crippen LogP contribution in [0.15, 0.2) is 97.1 Å². The van der Waals surface area contributed by atoms with Crippen LogP contribution in [0.1, 0.15) is 27.0 Å². The average Bonchev–Trinajstić information content (AvgIpc) is 3.37. The molecule has 0 saturated carbocycles. The van der Waals surface area contributed by atoms with Crippen LogP contribution in [0.4, 0.5) is 17.1 Å². The lowest BCUT2D eigenvalue weighted by molar-refractivity contribution is 0.104. The van der Waals surface area contributed by atoms with Gasteiger partial charge in [0, 0.05) is 28.2 Å². The molecule has 0 spiro atoms. The molecule has 0 heterocycles. The van der Waals surface area contributed by atoms with Gasteiger partial charge in [-0.3, -0.25) is 4.79 Å². The molecule has 0 radical (unpaired) electrons. The summed E-state index contributed by atoms with van der Waals surface area (Å²) < 4.78 is 27.2. The van der Waals surface area contributed by atoms with E-state index in [1.54, 1.807) is 35.5 Å². The summed E-state index contributed by atoms with van der Waals surface area (Å²) in [6, 6.07) is 31.5. The SMILES string of the molecule is COc1ccc(N(c2ccc(OC)cc2)c2ccc3c(c2)C(=O)c2cc(/C=C/c4cc(OC)c(OC)c(OC)c4)ccc2-3)cc1. The number of rotatable bonds is 10. The molecule has 0 bridgehead atoms. The predicted octanol–water partition coefficient (Wildman–Crippen LogP) is 8.58. The number of carbonyl (C=O) groups excluding carboxylic acids is 1. The Hall–Kier alpha value is -5.69. The lowest BCUT2D eigenvalue weighted by atomic mass is 10.0. The monoisotopic (exact) mass is 599 g/mol. The van der Waals surface area contributed by atoms with Crippen molar-refractivity contribution in [2.75, 3.05) is 40.4 Å². The number of nitrogens with zero attached hydrogens (tertiary/aromatic N) is 1. The summed E-state index contributed by atoms with van der Waals surface area (Å²) in [5.41, 5.74) is 7.70. The van der Waals surface area contributed by atoms with Crippen molar-refractivity contribution in [3.8, 4) is 39.9 Å². The lowest BCUT2D eigenvalue weighted by Gasteiger charge is -2.26. The minimum absolute atomic E-state index is 0.00528. The van der Waals surface area contributed by atoms with Gasteiger partial charge in [-0.05, 0) is 101 Å². The zero-order chi connectivity index (χ0) is 31.5. The largest absolute Gasteiger partial charge is 0.497 e. The molecule has 7 nitrogen and oxygen atoms in total. The van der Waals surface area contributed by atoms with E-state index < -0.39 is 0 Å². The zero-order valence-corrected chi connectivity index (χ0v) is 25.8. The fourth-order valence-corrected chi connectivity index (χ4v) is 5.63. The Kier molecular flexibility index (Phi) is 8.16. The van der Waals surface area contributed by atoms with Crippen LogP contribution >= 0.6 is 0 Å². The summed E-state index contributed by atoms with van der Waals surface area (Å²) in [6.07, 6.45) is 3.93. The number of benzene rings is 5. The van der Waals surface area contributed by atoms with Crippen LogP contribution in [0.2, 0.25) is 0 Å². The molecular weight excluding hydrogens is 566 g/mol. The molecule has 7 heteroatoms. The van der Waals surface area contributed by atoms with Gasteiger partial charge in [0.05, 0.1) is 35.5 Å². The number of carbonyl (C=O) groups is 1. The Morgan fingerprint density at radius 2 is 0.956 bits per heavy atom. The fraction of sp³-hybridized carbons (Fsp3) is 0.132. The summed E-state index contributed by atoms with van der Waals surface area (Å²) in [5, 5.41) is 0. The molecule has 0 aromatic heterocycles. The van der Waals surface area contributed by atoms with Gasteiger partial charge in [0.25, 0.3) is 0 Å². The number of ketones is 1. The average molecular weight is 600 g/mol. The van der Waals surface area contributed by atoms with Gasteiger partial charge >= 0.3 is 0 Å². The van der Waals surface area contributed by atoms with E-state index in [1.165, 1.54) is 0 Å². The quantitative estimate of drug-likeness (QED) is 0.146. The first kappa shape index (κ1) is 29.4. The maximum absolute atomic E-state index is 13.8. The molecule has 0 fully saturated rings. The van der Waals surface area contributed by atoms with Crippen molar-refractivity contribution < 1.29 is 28.5 Å². The normalized spacial score (nSPS) is 11.6. The first-order chi connectivity index (χ1) is 22.0. The molecule has 45 heavy (non-hydrogen) atoms. The molecule has 226 valence electrons. The number of fused-ring (bicyclic) bond motifs is 3. The van der Waals surface area contributed by atoms with E-state index in [9.17, 15) is 4.79 Å². The highest BCUT2D eigenvalue weighted by Gasteiger charge is 2.28. The van der Waals surface area contributed by atoms with Crippen molar-refractivity contribution in [3.63, 3.8) is 0 Å². The second-order valence-corrected chi connectivity index (χ2v) is 10.4. The van der Waals surface area contributed by atoms with E-state index in [0.717, 1.165) is 50.8 Å². The number of ether oxygens (including phenoxy) is 5. The van der Waals surface area contributed by atoms with Crippen LogP contribution in [0.25, 0.3) is 23.3 Å². The molecule has 0 saturated heterocycles. The van der Waals surface area contributed by atoms with Crippen LogP contribution in [0.3, 0.4) is 0 Å². The topological polar surface area (TPSA) is 66.5 Å². The molecule has 6 rings (SSSR count). The van der Waals surface area contributed by atoms with E-state index in [1.807, 2.05) is 109 Å². The first-order valence-electron chi connectivity index (χ1n) is 14.4. The van der Waals surface area contributed by atoms with Crippen LogP contribution in [0, 0.1) is 0 Å². The van der Waals surface area contributed by atoms with Crippen molar-refractivity contribution in [1.82, 2.24) is 0 Å². The molecule has 1 aliphatic rings. The number of methoxy groups -OCH3 is 5. The molecule has 5 aromatic rings. The molecule has 0 aliphatic heterocycles. The third-order valence-electron chi connectivity index (χ3n) is 7.90. The molecular formula is C38H33NO6. The smallest absolute Gasteiger partial charge is 0.203 e. The molecule has 0 N–H and O–H groups in total. The Morgan fingerprint density at radius 1 is 0.467 bits per heavy atom. The van der Waals surface area contributed by atoms with Crippen molar-refractivity contribution in [1.29, 1.82) is 0 Å². The van der Waals surface area contributed by atoms with Crippen molar-refractivity contribution in [2.45, 2.75) is 0 Å². The molecule has 1 aliphatic carbocycles. The minimum atomic E-state index is -0.00528. The predicted molar refractivity (Wildman–Crippen MR) is 178 cm³/mol. The van der Waals surface area contributed by atoms with Crippen LogP contribution in [-0.4, -0.2) is 41.3 Å². The maximum atomic E-state index is 13.8. The van der Waals surface area contributed by atoms with E-state index in [4.69, 9.17) is 23.7 Å². The van der Waals surface area contributed by atoms with E-state index in [0.29, 0.717) is 28.4 Å². The van der Waals surface area contributed by atoms with Gasteiger partial charge in [0.1, 0.15) is 11.5 Å². The third kappa shape index (κ3) is 5.56. The van der Waals surface area contributed by atoms with E-state index in [2.05, 4.69) is 4.90 Å². The van der Waals surface area contributed by atoms with Gasteiger partial charge in [-0.2, -0.15) is 0 Å². The molecule has 0 amide bonds. The van der Waals surface area contributed by atoms with Gasteiger partial charge in [-0.25, -0.2) is 0 Å². The van der Waals surface area contributed by atoms with E-state index in [-0.39, 0.29) is 5.78 Å². The third-order valence-corrected chi connectivity index (χ3v) is 7.90. The summed E-state index contributed by atoms with van der Waals surface area (Å²) >= 11 is 0. The highest BCUT2D eigenvalue weighted by Crippen LogP contribution is 2.43. The van der Waals surface area contributed by atoms with Crippen molar-refractivity contribution >= 4 is 35.0 Å². The first-order valence-corrected chi connectivity index (χ1v) is 14.4. The van der Waals surface area contributed by atoms with Crippen LogP contribution in [0.5, 0.6) is 28.7 Å². The molecule has 0 atom stereocenters. The highest BCUT2D eigenvalue weighted by atomic mass is 16.5. The summed E-state index contributed by atoms with van der Waals surface area (Å²) in [7, 11) is 8.05. The summed E-state index contributed by atoms with van der Waals surface area (Å²) in [6.45, 7) is 0. The summed E-state index contributed by atoms with van der Waals surface area (Å²) in [5.74, 6) is 3.21. The lowest BCUT2D eigenvalue weighted by Crippen LogP contribution is -2.10. The number of anilines is 3. The Morgan fingerprint density at radius 3 is 1.47 bits per heavy atom. The van der Waals surface area contributed by atoms with Gasteiger partial charge in [-0.15, -0.1) is 0 Å². The van der Waals surface area contributed by atoms with Gasteiger partial charge in [0.2, 0.25) is 5.75 Å². The Balaban J connectivity index is 1.34. The van der Waals surface area contributed by atoms with Crippen LogP contribution in [-0.2, 0) is 0 Å². The maximum Gasteiger partial charge on any atom is 0.203 e. The van der Waals surface area contributed by atoms with E-state index >= 15 is 0 Å². The number of hydrogen-bond acceptors (Lipinski definition) is 7. The zero-order valence-electron chi connectivity index (χ0n) is 25.8. The molecule has 5 aromatic carbocycles. The standard InChI is InChI=1S/C38H33NO6/c1-41-29-14-9-26(10-15-29)39(27-11-16-30(42-2)17-12-27)28-13-19-32-31-18-8-24(20-33(31)37(40)34(32)23-28)6-7-25-21-35(43-3)38(45-5)36(22-25)44-4/h6-23H,1-5H3/b7-6+. The van der Waals surface area contributed by atoms with Gasteiger partial charge < -0.3 is 28.6 Å². The second kappa shape index (κ2) is 12.5. The number of hydrogen-bond donors (Lipinski definition) is 0. The highest BCUT2D eigenvalue weighted by molar-refractivity contribution is 6.22.